The molecule has 1 N–H and O–H groups in total. The molecule has 5 heteroatoms. The highest BCUT2D eigenvalue weighted by molar-refractivity contribution is 5.85. The lowest BCUT2D eigenvalue weighted by atomic mass is 9.87. The van der Waals surface area contributed by atoms with Gasteiger partial charge >= 0.3 is 5.97 Å². The number of piperidine rings is 1. The lowest BCUT2D eigenvalue weighted by Crippen LogP contribution is -2.54. The van der Waals surface area contributed by atoms with Gasteiger partial charge in [-0.15, -0.1) is 0 Å². The number of hydrogen-bond donors (Lipinski definition) is 1. The van der Waals surface area contributed by atoms with E-state index in [1.165, 1.54) is 0 Å². The summed E-state index contributed by atoms with van der Waals surface area (Å²) in [6, 6.07) is 0.398. The Balaban J connectivity index is 2.07. The molecule has 0 aliphatic carbocycles. The maximum atomic E-state index is 12.5. The molecule has 2 fully saturated rings. The van der Waals surface area contributed by atoms with Crippen LogP contribution in [-0.2, 0) is 14.3 Å². The number of ether oxygens (including phenoxy) is 1. The van der Waals surface area contributed by atoms with E-state index in [-0.39, 0.29) is 30.3 Å². The molecule has 2 atom stereocenters. The molecule has 0 saturated carbocycles. The van der Waals surface area contributed by atoms with Crippen LogP contribution in [0.4, 0.5) is 0 Å². The Labute approximate surface area is 113 Å². The van der Waals surface area contributed by atoms with E-state index >= 15 is 0 Å². The average Bonchev–Trinajstić information content (AvgIpc) is 2.59. The van der Waals surface area contributed by atoms with Crippen LogP contribution < -0.4 is 0 Å². The van der Waals surface area contributed by atoms with Crippen LogP contribution in [0, 0.1) is 5.92 Å². The van der Waals surface area contributed by atoms with E-state index in [1.54, 1.807) is 21.0 Å². The van der Waals surface area contributed by atoms with E-state index < -0.39 is 11.6 Å². The zero-order chi connectivity index (χ0) is 14.2. The van der Waals surface area contributed by atoms with Crippen molar-refractivity contribution in [1.29, 1.82) is 0 Å². The van der Waals surface area contributed by atoms with Gasteiger partial charge in [0.15, 0.2) is 0 Å². The Morgan fingerprint density at radius 1 is 1.26 bits per heavy atom. The van der Waals surface area contributed by atoms with Crippen molar-refractivity contribution in [1.82, 2.24) is 4.90 Å². The van der Waals surface area contributed by atoms with Gasteiger partial charge in [-0.2, -0.15) is 0 Å². The third-order valence-corrected chi connectivity index (χ3v) is 4.55. The number of carboxylic acids is 1. The predicted octanol–water partition coefficient (Wildman–Crippen LogP) is 1.66. The number of carbonyl (C=O) groups excluding carboxylic acids is 1. The SMILES string of the molecule is COC(C)(C)C(=O)N1C2CCC1CC(CC(=O)O)C2. The van der Waals surface area contributed by atoms with Crippen molar-refractivity contribution in [2.45, 2.75) is 63.6 Å². The number of fused-ring (bicyclic) bond motifs is 2. The van der Waals surface area contributed by atoms with Crippen LogP contribution in [0.2, 0.25) is 0 Å². The van der Waals surface area contributed by atoms with Crippen LogP contribution in [0.5, 0.6) is 0 Å². The van der Waals surface area contributed by atoms with Crippen molar-refractivity contribution in [2.75, 3.05) is 7.11 Å². The molecule has 2 bridgehead atoms. The summed E-state index contributed by atoms with van der Waals surface area (Å²) in [4.78, 5) is 25.3. The smallest absolute Gasteiger partial charge is 0.303 e. The van der Waals surface area contributed by atoms with Gasteiger partial charge in [-0.05, 0) is 45.4 Å². The molecule has 2 aliphatic rings. The summed E-state index contributed by atoms with van der Waals surface area (Å²) in [5, 5.41) is 8.90. The van der Waals surface area contributed by atoms with Crippen molar-refractivity contribution in [2.24, 2.45) is 5.92 Å². The van der Waals surface area contributed by atoms with Gasteiger partial charge in [0, 0.05) is 25.6 Å². The van der Waals surface area contributed by atoms with Crippen molar-refractivity contribution in [3.63, 3.8) is 0 Å². The number of rotatable bonds is 4. The van der Waals surface area contributed by atoms with E-state index in [9.17, 15) is 9.59 Å². The first-order valence-electron chi connectivity index (χ1n) is 6.95. The molecule has 2 aliphatic heterocycles. The molecule has 2 saturated heterocycles. The number of nitrogens with zero attached hydrogens (tertiary/aromatic N) is 1. The largest absolute Gasteiger partial charge is 0.481 e. The van der Waals surface area contributed by atoms with Crippen molar-refractivity contribution >= 4 is 11.9 Å². The van der Waals surface area contributed by atoms with Crippen molar-refractivity contribution in [3.05, 3.63) is 0 Å². The molecular formula is C14H23NO4. The summed E-state index contributed by atoms with van der Waals surface area (Å²) >= 11 is 0. The minimum Gasteiger partial charge on any atom is -0.481 e. The van der Waals surface area contributed by atoms with E-state index in [0.29, 0.717) is 0 Å². The highest BCUT2D eigenvalue weighted by Gasteiger charge is 2.47. The zero-order valence-corrected chi connectivity index (χ0v) is 11.9. The highest BCUT2D eigenvalue weighted by Crippen LogP contribution is 2.41. The first kappa shape index (κ1) is 14.3. The minimum absolute atomic E-state index is 0.0382. The first-order chi connectivity index (χ1) is 8.85. The number of aliphatic carboxylic acids is 1. The molecular weight excluding hydrogens is 246 g/mol. The third-order valence-electron chi connectivity index (χ3n) is 4.55. The van der Waals surface area contributed by atoms with Gasteiger partial charge in [0.2, 0.25) is 0 Å². The lowest BCUT2D eigenvalue weighted by Gasteiger charge is -2.41. The summed E-state index contributed by atoms with van der Waals surface area (Å²) in [5.74, 6) is -0.484. The topological polar surface area (TPSA) is 66.8 Å². The summed E-state index contributed by atoms with van der Waals surface area (Å²) in [6.07, 6.45) is 3.84. The fraction of sp³-hybridized carbons (Fsp3) is 0.857. The molecule has 0 spiro atoms. The fourth-order valence-electron chi connectivity index (χ4n) is 3.43. The second-order valence-corrected chi connectivity index (χ2v) is 6.25. The fourth-order valence-corrected chi connectivity index (χ4v) is 3.43. The summed E-state index contributed by atoms with van der Waals surface area (Å²) in [7, 11) is 1.55. The second-order valence-electron chi connectivity index (χ2n) is 6.25. The molecule has 0 aromatic carbocycles. The Kier molecular flexibility index (Phi) is 3.85. The van der Waals surface area contributed by atoms with Crippen LogP contribution >= 0.6 is 0 Å². The molecule has 2 heterocycles. The first-order valence-corrected chi connectivity index (χ1v) is 6.95. The van der Waals surface area contributed by atoms with Crippen LogP contribution in [0.25, 0.3) is 0 Å². The molecule has 5 nitrogen and oxygen atoms in total. The van der Waals surface area contributed by atoms with Gasteiger partial charge in [0.1, 0.15) is 5.60 Å². The van der Waals surface area contributed by atoms with Crippen LogP contribution in [0.3, 0.4) is 0 Å². The minimum atomic E-state index is -0.791. The number of amides is 1. The molecule has 1 amide bonds. The standard InChI is InChI=1S/C14H23NO4/c1-14(2,19-3)13(18)15-10-4-5-11(15)7-9(6-10)8-12(16)17/h9-11H,4-8H2,1-3H3,(H,16,17). The van der Waals surface area contributed by atoms with Gasteiger partial charge in [-0.3, -0.25) is 9.59 Å². The zero-order valence-electron chi connectivity index (χ0n) is 11.9. The van der Waals surface area contributed by atoms with E-state index in [2.05, 4.69) is 0 Å². The Bertz CT molecular complexity index is 366. The van der Waals surface area contributed by atoms with E-state index in [1.807, 2.05) is 4.90 Å². The molecule has 0 aromatic rings. The lowest BCUT2D eigenvalue weighted by molar-refractivity contribution is -0.156. The maximum Gasteiger partial charge on any atom is 0.303 e. The van der Waals surface area contributed by atoms with E-state index in [4.69, 9.17) is 9.84 Å². The maximum absolute atomic E-state index is 12.5. The van der Waals surface area contributed by atoms with Gasteiger partial charge < -0.3 is 14.7 Å². The molecule has 2 rings (SSSR count). The second kappa shape index (κ2) is 5.12. The number of carbonyl (C=O) groups is 2. The molecule has 2 unspecified atom stereocenters. The normalized spacial score (nSPS) is 30.5. The van der Waals surface area contributed by atoms with Crippen LogP contribution in [-0.4, -0.2) is 46.7 Å². The van der Waals surface area contributed by atoms with Gasteiger partial charge in [0.05, 0.1) is 0 Å². The Morgan fingerprint density at radius 3 is 2.21 bits per heavy atom. The molecule has 19 heavy (non-hydrogen) atoms. The monoisotopic (exact) mass is 269 g/mol. The summed E-state index contributed by atoms with van der Waals surface area (Å²) in [5.41, 5.74) is -0.791. The Hall–Kier alpha value is -1.10. The number of carboxylic acid groups (broad SMARTS) is 1. The highest BCUT2D eigenvalue weighted by atomic mass is 16.5. The van der Waals surface area contributed by atoms with Crippen LogP contribution in [0.1, 0.15) is 46.0 Å². The molecule has 0 aromatic heterocycles. The van der Waals surface area contributed by atoms with Crippen LogP contribution in [0.15, 0.2) is 0 Å². The number of methoxy groups -OCH3 is 1. The summed E-state index contributed by atoms with van der Waals surface area (Å²) < 4.78 is 5.28. The quantitative estimate of drug-likeness (QED) is 0.842. The van der Waals surface area contributed by atoms with Gasteiger partial charge in [0.25, 0.3) is 5.91 Å². The third kappa shape index (κ3) is 2.76. The molecule has 108 valence electrons. The predicted molar refractivity (Wildman–Crippen MR) is 69.7 cm³/mol. The molecule has 0 radical (unpaired) electrons. The average molecular weight is 269 g/mol. The van der Waals surface area contributed by atoms with Crippen molar-refractivity contribution < 1.29 is 19.4 Å². The number of hydrogen-bond acceptors (Lipinski definition) is 3. The van der Waals surface area contributed by atoms with Gasteiger partial charge in [-0.25, -0.2) is 0 Å². The van der Waals surface area contributed by atoms with Crippen molar-refractivity contribution in [3.8, 4) is 0 Å². The van der Waals surface area contributed by atoms with E-state index in [0.717, 1.165) is 25.7 Å². The Morgan fingerprint density at radius 2 is 1.79 bits per heavy atom. The summed E-state index contributed by atoms with van der Waals surface area (Å²) in [6.45, 7) is 3.58. The van der Waals surface area contributed by atoms with Gasteiger partial charge in [-0.1, -0.05) is 0 Å².